The van der Waals surface area contributed by atoms with Gasteiger partial charge in [0.25, 0.3) is 0 Å². The number of aliphatic hydroxyl groups is 1. The van der Waals surface area contributed by atoms with Crippen molar-refractivity contribution < 1.29 is 5.11 Å². The molecule has 0 aliphatic carbocycles. The van der Waals surface area contributed by atoms with Crippen molar-refractivity contribution in [3.63, 3.8) is 0 Å². The quantitative estimate of drug-likeness (QED) is 0.779. The predicted octanol–water partition coefficient (Wildman–Crippen LogP) is 2.71. The first-order chi connectivity index (χ1) is 7.25. The van der Waals surface area contributed by atoms with Crippen molar-refractivity contribution in [1.82, 2.24) is 4.57 Å². The first-order valence-corrected chi connectivity index (χ1v) is 6.00. The number of halogens is 1. The minimum absolute atomic E-state index is 0.166. The molecule has 78 valence electrons. The minimum Gasteiger partial charge on any atom is -0.393 e. The summed E-state index contributed by atoms with van der Waals surface area (Å²) in [6, 6.07) is 8.44. The Hall–Kier alpha value is -0.800. The van der Waals surface area contributed by atoms with Gasteiger partial charge in [-0.2, -0.15) is 0 Å². The molecule has 2 heterocycles. The number of fused-ring (bicyclic) bond motifs is 3. The second-order valence-corrected chi connectivity index (χ2v) is 4.96. The van der Waals surface area contributed by atoms with E-state index in [1.165, 1.54) is 16.6 Å². The van der Waals surface area contributed by atoms with Crippen molar-refractivity contribution in [3.8, 4) is 0 Å². The molecule has 0 fully saturated rings. The first kappa shape index (κ1) is 9.43. The number of benzene rings is 1. The summed E-state index contributed by atoms with van der Waals surface area (Å²) in [6.45, 7) is 0.927. The lowest BCUT2D eigenvalue weighted by molar-refractivity contribution is 0.144. The molecule has 1 unspecified atom stereocenters. The molecule has 1 aliphatic heterocycles. The van der Waals surface area contributed by atoms with E-state index in [0.29, 0.717) is 0 Å². The van der Waals surface area contributed by atoms with E-state index in [1.54, 1.807) is 0 Å². The van der Waals surface area contributed by atoms with Gasteiger partial charge in [-0.25, -0.2) is 0 Å². The topological polar surface area (TPSA) is 25.2 Å². The number of hydrogen-bond donors (Lipinski definition) is 1. The van der Waals surface area contributed by atoms with E-state index in [2.05, 4.69) is 44.8 Å². The monoisotopic (exact) mass is 265 g/mol. The van der Waals surface area contributed by atoms with E-state index >= 15 is 0 Å². The lowest BCUT2D eigenvalue weighted by Crippen LogP contribution is -2.22. The largest absolute Gasteiger partial charge is 0.393 e. The third kappa shape index (κ3) is 1.42. The van der Waals surface area contributed by atoms with Gasteiger partial charge in [0.1, 0.15) is 0 Å². The lowest BCUT2D eigenvalue weighted by Gasteiger charge is -2.20. The Kier molecular flexibility index (Phi) is 2.11. The van der Waals surface area contributed by atoms with Crippen LogP contribution >= 0.6 is 15.9 Å². The maximum Gasteiger partial charge on any atom is 0.0611 e. The maximum absolute atomic E-state index is 9.63. The predicted molar refractivity (Wildman–Crippen MR) is 64.0 cm³/mol. The van der Waals surface area contributed by atoms with E-state index in [9.17, 15) is 5.11 Å². The molecule has 0 saturated heterocycles. The Balaban J connectivity index is 2.27. The highest BCUT2D eigenvalue weighted by atomic mass is 79.9. The zero-order valence-electron chi connectivity index (χ0n) is 8.28. The first-order valence-electron chi connectivity index (χ1n) is 5.20. The third-order valence-corrected chi connectivity index (χ3v) is 3.80. The highest BCUT2D eigenvalue weighted by Gasteiger charge is 2.19. The number of rotatable bonds is 0. The summed E-state index contributed by atoms with van der Waals surface area (Å²) in [4.78, 5) is 0. The molecule has 0 radical (unpaired) electrons. The molecule has 1 atom stereocenters. The van der Waals surface area contributed by atoms with Crippen LogP contribution in [-0.4, -0.2) is 15.8 Å². The van der Waals surface area contributed by atoms with Crippen LogP contribution in [0.5, 0.6) is 0 Å². The smallest absolute Gasteiger partial charge is 0.0611 e. The van der Waals surface area contributed by atoms with Gasteiger partial charge in [0.2, 0.25) is 0 Å². The van der Waals surface area contributed by atoms with Gasteiger partial charge in [0.05, 0.1) is 6.10 Å². The Morgan fingerprint density at radius 3 is 3.13 bits per heavy atom. The molecule has 1 aromatic carbocycles. The van der Waals surface area contributed by atoms with Gasteiger partial charge in [-0.3, -0.25) is 0 Å². The summed E-state index contributed by atoms with van der Waals surface area (Å²) < 4.78 is 3.45. The van der Waals surface area contributed by atoms with E-state index in [-0.39, 0.29) is 6.10 Å². The Morgan fingerprint density at radius 1 is 1.40 bits per heavy atom. The Bertz CT molecular complexity index is 518. The van der Waals surface area contributed by atoms with Gasteiger partial charge >= 0.3 is 0 Å². The molecule has 1 N–H and O–H groups in total. The van der Waals surface area contributed by atoms with Gasteiger partial charge < -0.3 is 9.67 Å². The molecule has 2 aromatic rings. The number of aryl methyl sites for hydroxylation is 1. The summed E-state index contributed by atoms with van der Waals surface area (Å²) in [5.41, 5.74) is 2.52. The Labute approximate surface area is 96.6 Å². The van der Waals surface area contributed by atoms with Crippen LogP contribution in [0.4, 0.5) is 0 Å². The van der Waals surface area contributed by atoms with Crippen LogP contribution in [0.25, 0.3) is 10.9 Å². The van der Waals surface area contributed by atoms with Crippen LogP contribution < -0.4 is 0 Å². The van der Waals surface area contributed by atoms with Crippen LogP contribution in [0.1, 0.15) is 12.1 Å². The van der Waals surface area contributed by atoms with Crippen LogP contribution in [0, 0.1) is 0 Å². The van der Waals surface area contributed by atoms with Crippen molar-refractivity contribution >= 4 is 26.8 Å². The van der Waals surface area contributed by atoms with Crippen molar-refractivity contribution in [3.05, 3.63) is 34.4 Å². The molecule has 15 heavy (non-hydrogen) atoms. The number of aromatic nitrogens is 1. The van der Waals surface area contributed by atoms with Gasteiger partial charge in [-0.1, -0.05) is 22.0 Å². The van der Waals surface area contributed by atoms with Crippen LogP contribution in [-0.2, 0) is 13.0 Å². The van der Waals surface area contributed by atoms with E-state index in [0.717, 1.165) is 23.9 Å². The fraction of sp³-hybridized carbons (Fsp3) is 0.333. The normalized spacial score (nSPS) is 20.5. The number of hydrogen-bond acceptors (Lipinski definition) is 1. The summed E-state index contributed by atoms with van der Waals surface area (Å²) >= 11 is 3.56. The van der Waals surface area contributed by atoms with Gasteiger partial charge in [-0.15, -0.1) is 0 Å². The number of aliphatic hydroxyl groups excluding tert-OH is 1. The van der Waals surface area contributed by atoms with Crippen molar-refractivity contribution in [2.45, 2.75) is 25.5 Å². The fourth-order valence-electron chi connectivity index (χ4n) is 2.36. The minimum atomic E-state index is -0.166. The molecule has 0 bridgehead atoms. The van der Waals surface area contributed by atoms with E-state index in [4.69, 9.17) is 0 Å². The molecule has 0 spiro atoms. The fourth-order valence-corrected chi connectivity index (χ4v) is 2.83. The van der Waals surface area contributed by atoms with Gasteiger partial charge in [0, 0.05) is 34.0 Å². The zero-order chi connectivity index (χ0) is 10.4. The summed E-state index contributed by atoms with van der Waals surface area (Å²) in [7, 11) is 0. The SMILES string of the molecule is OC1CCn2c(cc3c(Br)cccc32)C1. The average Bonchev–Trinajstić information content (AvgIpc) is 2.57. The van der Waals surface area contributed by atoms with Crippen LogP contribution in [0.15, 0.2) is 28.7 Å². The number of nitrogens with zero attached hydrogens (tertiary/aromatic N) is 1. The molecule has 0 saturated carbocycles. The molecule has 0 amide bonds. The Morgan fingerprint density at radius 2 is 2.27 bits per heavy atom. The van der Waals surface area contributed by atoms with Crippen LogP contribution in [0.3, 0.4) is 0 Å². The second-order valence-electron chi connectivity index (χ2n) is 4.11. The zero-order valence-corrected chi connectivity index (χ0v) is 9.87. The molecule has 1 aromatic heterocycles. The standard InChI is InChI=1S/C12H12BrNO/c13-11-2-1-3-12-10(11)7-8-6-9(15)4-5-14(8)12/h1-3,7,9,15H,4-6H2. The summed E-state index contributed by atoms with van der Waals surface area (Å²) in [5, 5.41) is 10.9. The summed E-state index contributed by atoms with van der Waals surface area (Å²) in [5.74, 6) is 0. The maximum atomic E-state index is 9.63. The summed E-state index contributed by atoms with van der Waals surface area (Å²) in [6.07, 6.45) is 1.48. The van der Waals surface area contributed by atoms with Crippen molar-refractivity contribution in [2.75, 3.05) is 0 Å². The van der Waals surface area contributed by atoms with Gasteiger partial charge in [0.15, 0.2) is 0 Å². The van der Waals surface area contributed by atoms with E-state index < -0.39 is 0 Å². The van der Waals surface area contributed by atoms with E-state index in [1.807, 2.05) is 0 Å². The van der Waals surface area contributed by atoms with Gasteiger partial charge in [-0.05, 0) is 24.6 Å². The average molecular weight is 266 g/mol. The highest BCUT2D eigenvalue weighted by molar-refractivity contribution is 9.10. The van der Waals surface area contributed by atoms with Crippen molar-refractivity contribution in [1.29, 1.82) is 0 Å². The third-order valence-electron chi connectivity index (χ3n) is 3.11. The van der Waals surface area contributed by atoms with Crippen molar-refractivity contribution in [2.24, 2.45) is 0 Å². The molecule has 3 rings (SSSR count). The van der Waals surface area contributed by atoms with Crippen LogP contribution in [0.2, 0.25) is 0 Å². The highest BCUT2D eigenvalue weighted by Crippen LogP contribution is 2.30. The molecular formula is C12H12BrNO. The molecule has 3 heteroatoms. The molecule has 1 aliphatic rings. The lowest BCUT2D eigenvalue weighted by atomic mass is 10.1. The second kappa shape index (κ2) is 3.35. The molecule has 2 nitrogen and oxygen atoms in total. The molecular weight excluding hydrogens is 254 g/mol.